The van der Waals surface area contributed by atoms with Gasteiger partial charge in [0.25, 0.3) is 5.91 Å². The highest BCUT2D eigenvalue weighted by molar-refractivity contribution is 6.31. The number of halogens is 1. The van der Waals surface area contributed by atoms with Crippen molar-refractivity contribution in [2.45, 2.75) is 6.61 Å². The fraction of sp³-hybridized carbons (Fsp3) is 0.115. The summed E-state index contributed by atoms with van der Waals surface area (Å²) < 4.78 is 11.1. The van der Waals surface area contributed by atoms with Crippen molar-refractivity contribution in [2.24, 2.45) is 0 Å². The lowest BCUT2D eigenvalue weighted by atomic mass is 10.1. The number of nitrogens with one attached hydrogen (secondary N) is 2. The molecule has 8 nitrogen and oxygen atoms in total. The number of hydrogen-bond acceptors (Lipinski definition) is 5. The van der Waals surface area contributed by atoms with Crippen molar-refractivity contribution in [2.75, 3.05) is 19.0 Å². The highest BCUT2D eigenvalue weighted by atomic mass is 35.5. The number of rotatable bonds is 8. The Hall–Kier alpha value is -4.30. The highest BCUT2D eigenvalue weighted by Crippen LogP contribution is 2.26. The summed E-state index contributed by atoms with van der Waals surface area (Å²) in [5, 5.41) is 5.76. The van der Waals surface area contributed by atoms with Gasteiger partial charge in [-0.05, 0) is 30.3 Å². The molecule has 0 aromatic heterocycles. The van der Waals surface area contributed by atoms with E-state index in [1.807, 2.05) is 18.2 Å². The Morgan fingerprint density at radius 2 is 1.69 bits per heavy atom. The summed E-state index contributed by atoms with van der Waals surface area (Å²) >= 11 is 6.20. The summed E-state index contributed by atoms with van der Waals surface area (Å²) in [6.07, 6.45) is 1.51. The number of anilines is 1. The van der Waals surface area contributed by atoms with Gasteiger partial charge in [-0.25, -0.2) is 9.69 Å². The molecule has 0 aliphatic carbocycles. The van der Waals surface area contributed by atoms with Gasteiger partial charge >= 0.3 is 6.03 Å². The molecule has 178 valence electrons. The molecule has 0 bridgehead atoms. The zero-order chi connectivity index (χ0) is 24.8. The van der Waals surface area contributed by atoms with Crippen molar-refractivity contribution >= 4 is 41.2 Å². The van der Waals surface area contributed by atoms with E-state index in [0.717, 1.165) is 10.5 Å². The molecule has 2 N–H and O–H groups in total. The Morgan fingerprint density at radius 3 is 2.46 bits per heavy atom. The van der Waals surface area contributed by atoms with Crippen LogP contribution in [0.5, 0.6) is 11.5 Å². The largest absolute Gasteiger partial charge is 0.495 e. The minimum absolute atomic E-state index is 0.0360. The maximum Gasteiger partial charge on any atom is 0.329 e. The maximum absolute atomic E-state index is 12.9. The van der Waals surface area contributed by atoms with Crippen LogP contribution in [0, 0.1) is 0 Å². The second-order valence-corrected chi connectivity index (χ2v) is 7.95. The van der Waals surface area contributed by atoms with E-state index >= 15 is 0 Å². The molecule has 9 heteroatoms. The van der Waals surface area contributed by atoms with Crippen molar-refractivity contribution in [3.05, 3.63) is 94.6 Å². The molecule has 0 unspecified atom stereocenters. The second-order valence-electron chi connectivity index (χ2n) is 7.55. The third-order valence-corrected chi connectivity index (χ3v) is 5.57. The van der Waals surface area contributed by atoms with Crippen molar-refractivity contribution in [1.82, 2.24) is 10.2 Å². The minimum atomic E-state index is -0.689. The fourth-order valence-corrected chi connectivity index (χ4v) is 3.64. The first-order valence-corrected chi connectivity index (χ1v) is 11.1. The van der Waals surface area contributed by atoms with Crippen LogP contribution in [0.4, 0.5) is 10.5 Å². The molecular formula is C26H22ClN3O5. The molecule has 1 saturated heterocycles. The van der Waals surface area contributed by atoms with Crippen LogP contribution in [0.3, 0.4) is 0 Å². The van der Waals surface area contributed by atoms with Gasteiger partial charge in [0.15, 0.2) is 0 Å². The van der Waals surface area contributed by atoms with Crippen molar-refractivity contribution in [1.29, 1.82) is 0 Å². The van der Waals surface area contributed by atoms with Gasteiger partial charge in [0, 0.05) is 16.1 Å². The maximum atomic E-state index is 12.9. The number of amides is 4. The summed E-state index contributed by atoms with van der Waals surface area (Å²) in [6, 6.07) is 20.6. The number of methoxy groups -OCH3 is 1. The number of carbonyl (C=O) groups excluding carboxylic acids is 3. The summed E-state index contributed by atoms with van der Waals surface area (Å²) in [4.78, 5) is 38.7. The first kappa shape index (κ1) is 23.8. The molecule has 3 aromatic carbocycles. The zero-order valence-corrected chi connectivity index (χ0v) is 19.5. The summed E-state index contributed by atoms with van der Waals surface area (Å²) in [6.45, 7) is -0.222. The fourth-order valence-electron chi connectivity index (χ4n) is 3.45. The predicted octanol–water partition coefficient (Wildman–Crippen LogP) is 4.46. The van der Waals surface area contributed by atoms with E-state index in [4.69, 9.17) is 21.1 Å². The van der Waals surface area contributed by atoms with E-state index in [0.29, 0.717) is 27.8 Å². The molecule has 0 atom stereocenters. The Kier molecular flexibility index (Phi) is 7.32. The molecule has 0 radical (unpaired) electrons. The summed E-state index contributed by atoms with van der Waals surface area (Å²) in [5.41, 5.74) is 1.87. The Bertz CT molecular complexity index is 1310. The van der Waals surface area contributed by atoms with Crippen LogP contribution in [0.25, 0.3) is 6.08 Å². The van der Waals surface area contributed by atoms with Gasteiger partial charge in [0.1, 0.15) is 30.3 Å². The van der Waals surface area contributed by atoms with Gasteiger partial charge in [0.2, 0.25) is 5.91 Å². The zero-order valence-electron chi connectivity index (χ0n) is 18.8. The number of carbonyl (C=O) groups is 3. The van der Waals surface area contributed by atoms with Gasteiger partial charge < -0.3 is 20.1 Å². The molecule has 0 saturated carbocycles. The first-order valence-electron chi connectivity index (χ1n) is 10.7. The number of urea groups is 1. The van der Waals surface area contributed by atoms with E-state index in [2.05, 4.69) is 10.6 Å². The summed E-state index contributed by atoms with van der Waals surface area (Å²) in [5.74, 6) is -0.185. The van der Waals surface area contributed by atoms with Crippen LogP contribution in [0.2, 0.25) is 5.02 Å². The van der Waals surface area contributed by atoms with Gasteiger partial charge in [0.05, 0.1) is 12.8 Å². The third-order valence-electron chi connectivity index (χ3n) is 5.20. The van der Waals surface area contributed by atoms with Crippen molar-refractivity contribution in [3.63, 3.8) is 0 Å². The van der Waals surface area contributed by atoms with Crippen LogP contribution in [0.1, 0.15) is 11.1 Å². The molecule has 4 amide bonds. The lowest BCUT2D eigenvalue weighted by Gasteiger charge is -2.13. The first-order chi connectivity index (χ1) is 17.0. The van der Waals surface area contributed by atoms with Crippen LogP contribution in [-0.4, -0.2) is 36.4 Å². The average molecular weight is 492 g/mol. The molecule has 1 aliphatic heterocycles. The molecule has 1 aliphatic rings. The summed E-state index contributed by atoms with van der Waals surface area (Å²) in [7, 11) is 1.48. The quantitative estimate of drug-likeness (QED) is 0.358. The third kappa shape index (κ3) is 5.62. The molecule has 0 spiro atoms. The lowest BCUT2D eigenvalue weighted by Crippen LogP contribution is -2.38. The van der Waals surface area contributed by atoms with E-state index in [1.54, 1.807) is 54.6 Å². The van der Waals surface area contributed by atoms with Gasteiger partial charge in [-0.15, -0.1) is 0 Å². The van der Waals surface area contributed by atoms with Gasteiger partial charge in [-0.2, -0.15) is 0 Å². The molecule has 1 heterocycles. The number of para-hydroxylation sites is 3. The minimum Gasteiger partial charge on any atom is -0.495 e. The second kappa shape index (κ2) is 10.8. The topological polar surface area (TPSA) is 97.0 Å². The van der Waals surface area contributed by atoms with E-state index in [9.17, 15) is 14.4 Å². The smallest absolute Gasteiger partial charge is 0.329 e. The van der Waals surface area contributed by atoms with Crippen LogP contribution >= 0.6 is 11.6 Å². The predicted molar refractivity (Wildman–Crippen MR) is 132 cm³/mol. The molecule has 1 fully saturated rings. The number of nitrogens with zero attached hydrogens (tertiary/aromatic N) is 1. The van der Waals surface area contributed by atoms with E-state index < -0.39 is 24.4 Å². The highest BCUT2D eigenvalue weighted by Gasteiger charge is 2.35. The molecule has 35 heavy (non-hydrogen) atoms. The van der Waals surface area contributed by atoms with Crippen LogP contribution in [0.15, 0.2) is 78.5 Å². The SMILES string of the molecule is COc1ccccc1NC(=O)CN1C(=O)N/C(=C/c2ccccc2OCc2ccccc2Cl)C1=O. The standard InChI is InChI=1S/C26H22ClN3O5/c1-34-23-13-7-5-11-20(23)28-24(31)15-30-25(32)21(29-26(30)33)14-17-8-3-6-12-22(17)35-16-18-9-2-4-10-19(18)27/h2-14H,15-16H2,1H3,(H,28,31)(H,29,33)/b21-14+. The molecular weight excluding hydrogens is 470 g/mol. The van der Waals surface area contributed by atoms with Gasteiger partial charge in [-0.3, -0.25) is 9.59 Å². The number of ether oxygens (including phenoxy) is 2. The van der Waals surface area contributed by atoms with Crippen molar-refractivity contribution in [3.8, 4) is 11.5 Å². The number of hydrogen-bond donors (Lipinski definition) is 2. The Balaban J connectivity index is 1.46. The average Bonchev–Trinajstić information content (AvgIpc) is 3.12. The van der Waals surface area contributed by atoms with Crippen LogP contribution in [-0.2, 0) is 16.2 Å². The molecule has 4 rings (SSSR count). The molecule has 3 aromatic rings. The Labute approximate surface area is 207 Å². The van der Waals surface area contributed by atoms with Gasteiger partial charge in [-0.1, -0.05) is 60.1 Å². The normalized spacial score (nSPS) is 14.1. The number of benzene rings is 3. The Morgan fingerprint density at radius 1 is 1.00 bits per heavy atom. The van der Waals surface area contributed by atoms with E-state index in [-0.39, 0.29) is 12.3 Å². The number of imide groups is 1. The van der Waals surface area contributed by atoms with E-state index in [1.165, 1.54) is 13.2 Å². The monoisotopic (exact) mass is 491 g/mol. The lowest BCUT2D eigenvalue weighted by molar-refractivity contribution is -0.127. The van der Waals surface area contributed by atoms with Crippen molar-refractivity contribution < 1.29 is 23.9 Å². The van der Waals surface area contributed by atoms with Crippen LogP contribution < -0.4 is 20.1 Å².